The lowest BCUT2D eigenvalue weighted by Gasteiger charge is -2.10. The molecular weight excluding hydrogens is 236 g/mol. The summed E-state index contributed by atoms with van der Waals surface area (Å²) in [4.78, 5) is 0. The van der Waals surface area contributed by atoms with Crippen molar-refractivity contribution in [1.29, 1.82) is 0 Å². The first kappa shape index (κ1) is 13.7. The minimum Gasteiger partial charge on any atom is -0.492 e. The van der Waals surface area contributed by atoms with Crippen molar-refractivity contribution in [1.82, 2.24) is 9.78 Å². The highest BCUT2D eigenvalue weighted by Crippen LogP contribution is 2.27. The summed E-state index contributed by atoms with van der Waals surface area (Å²) in [5, 5.41) is 14.5. The van der Waals surface area contributed by atoms with Crippen LogP contribution in [0.3, 0.4) is 0 Å². The fraction of sp³-hybridized carbons (Fsp3) is 0.438. The first-order valence-corrected chi connectivity index (χ1v) is 6.90. The quantitative estimate of drug-likeness (QED) is 0.909. The standard InChI is InChI=1S/C16H22N2O/c1-5-14-13(10-11(2)3)16(19)17-18(14)15-9-7-6-8-12(15)4/h6-9,11H,5,10H2,1-4H3,(H,17,19). The highest BCUT2D eigenvalue weighted by atomic mass is 16.3. The predicted molar refractivity (Wildman–Crippen MR) is 77.9 cm³/mol. The van der Waals surface area contributed by atoms with Crippen LogP contribution < -0.4 is 0 Å². The highest BCUT2D eigenvalue weighted by molar-refractivity contribution is 5.44. The average molecular weight is 258 g/mol. The molecule has 3 heteroatoms. The van der Waals surface area contributed by atoms with E-state index in [4.69, 9.17) is 0 Å². The molecule has 0 aliphatic carbocycles. The first-order chi connectivity index (χ1) is 9.04. The van der Waals surface area contributed by atoms with Gasteiger partial charge < -0.3 is 5.11 Å². The van der Waals surface area contributed by atoms with Crippen LogP contribution in [0.2, 0.25) is 0 Å². The van der Waals surface area contributed by atoms with Gasteiger partial charge in [0, 0.05) is 5.56 Å². The Balaban J connectivity index is 2.56. The van der Waals surface area contributed by atoms with E-state index in [1.54, 1.807) is 0 Å². The molecule has 1 aromatic heterocycles. The van der Waals surface area contributed by atoms with E-state index in [0.29, 0.717) is 5.92 Å². The Bertz CT molecular complexity index is 570. The van der Waals surface area contributed by atoms with E-state index in [0.717, 1.165) is 35.3 Å². The van der Waals surface area contributed by atoms with Gasteiger partial charge in [-0.25, -0.2) is 4.68 Å². The molecule has 2 aromatic rings. The second kappa shape index (κ2) is 5.47. The molecule has 0 fully saturated rings. The van der Waals surface area contributed by atoms with Crippen LogP contribution in [0, 0.1) is 12.8 Å². The zero-order chi connectivity index (χ0) is 14.0. The summed E-state index contributed by atoms with van der Waals surface area (Å²) in [6.07, 6.45) is 1.73. The van der Waals surface area contributed by atoms with E-state index in [2.05, 4.69) is 38.9 Å². The third kappa shape index (κ3) is 2.65. The number of aromatic nitrogens is 2. The van der Waals surface area contributed by atoms with Gasteiger partial charge in [-0.3, -0.25) is 0 Å². The summed E-state index contributed by atoms with van der Waals surface area (Å²) in [7, 11) is 0. The van der Waals surface area contributed by atoms with E-state index in [-0.39, 0.29) is 5.88 Å². The van der Waals surface area contributed by atoms with Crippen molar-refractivity contribution in [3.8, 4) is 11.6 Å². The van der Waals surface area contributed by atoms with Crippen molar-refractivity contribution in [3.63, 3.8) is 0 Å². The molecule has 3 nitrogen and oxygen atoms in total. The second-order valence-corrected chi connectivity index (χ2v) is 5.40. The molecule has 0 atom stereocenters. The maximum absolute atomic E-state index is 10.1. The van der Waals surface area contributed by atoms with Crippen LogP contribution in [-0.2, 0) is 12.8 Å². The van der Waals surface area contributed by atoms with Gasteiger partial charge in [0.25, 0.3) is 0 Å². The van der Waals surface area contributed by atoms with Crippen molar-refractivity contribution >= 4 is 0 Å². The topological polar surface area (TPSA) is 38.1 Å². The van der Waals surface area contributed by atoms with Crippen molar-refractivity contribution in [2.75, 3.05) is 0 Å². The van der Waals surface area contributed by atoms with Gasteiger partial charge in [-0.05, 0) is 37.3 Å². The molecule has 1 aromatic carbocycles. The number of benzene rings is 1. The minimum atomic E-state index is 0.175. The molecule has 2 rings (SSSR count). The van der Waals surface area contributed by atoms with Gasteiger partial charge in [0.15, 0.2) is 0 Å². The Hall–Kier alpha value is -1.77. The van der Waals surface area contributed by atoms with E-state index in [1.807, 2.05) is 22.9 Å². The summed E-state index contributed by atoms with van der Waals surface area (Å²) < 4.78 is 1.89. The lowest BCUT2D eigenvalue weighted by molar-refractivity contribution is 0.438. The Morgan fingerprint density at radius 2 is 1.95 bits per heavy atom. The molecule has 0 saturated carbocycles. The van der Waals surface area contributed by atoms with Gasteiger partial charge >= 0.3 is 0 Å². The minimum absolute atomic E-state index is 0.175. The molecule has 0 saturated heterocycles. The molecule has 19 heavy (non-hydrogen) atoms. The predicted octanol–water partition coefficient (Wildman–Crippen LogP) is 3.65. The summed E-state index contributed by atoms with van der Waals surface area (Å²) in [6, 6.07) is 8.13. The summed E-state index contributed by atoms with van der Waals surface area (Å²) in [6.45, 7) is 8.48. The Kier molecular flexibility index (Phi) is 3.93. The van der Waals surface area contributed by atoms with E-state index < -0.39 is 0 Å². The average Bonchev–Trinajstić information content (AvgIpc) is 2.66. The summed E-state index contributed by atoms with van der Waals surface area (Å²) >= 11 is 0. The molecule has 0 aliphatic heterocycles. The number of aromatic hydroxyl groups is 1. The van der Waals surface area contributed by atoms with Crippen molar-refractivity contribution in [2.45, 2.75) is 40.5 Å². The zero-order valence-electron chi connectivity index (χ0n) is 12.1. The van der Waals surface area contributed by atoms with Crippen LogP contribution >= 0.6 is 0 Å². The van der Waals surface area contributed by atoms with Gasteiger partial charge in [0.05, 0.1) is 11.4 Å². The number of rotatable bonds is 4. The molecule has 0 aliphatic rings. The van der Waals surface area contributed by atoms with E-state index in [9.17, 15) is 5.11 Å². The van der Waals surface area contributed by atoms with Crippen LogP contribution in [0.4, 0.5) is 0 Å². The second-order valence-electron chi connectivity index (χ2n) is 5.40. The molecule has 102 valence electrons. The van der Waals surface area contributed by atoms with Crippen molar-refractivity contribution in [2.24, 2.45) is 5.92 Å². The molecule has 1 N–H and O–H groups in total. The normalized spacial score (nSPS) is 11.2. The molecule has 0 spiro atoms. The first-order valence-electron chi connectivity index (χ1n) is 6.90. The molecule has 0 bridgehead atoms. The maximum atomic E-state index is 10.1. The smallest absolute Gasteiger partial charge is 0.234 e. The molecular formula is C16H22N2O. The van der Waals surface area contributed by atoms with Gasteiger partial charge in [0.1, 0.15) is 0 Å². The lowest BCUT2D eigenvalue weighted by atomic mass is 10.0. The SMILES string of the molecule is CCc1c(CC(C)C)c(O)nn1-c1ccccc1C. The monoisotopic (exact) mass is 258 g/mol. The highest BCUT2D eigenvalue weighted by Gasteiger charge is 2.18. The van der Waals surface area contributed by atoms with Crippen LogP contribution in [0.5, 0.6) is 5.88 Å². The fourth-order valence-electron chi connectivity index (χ4n) is 2.45. The maximum Gasteiger partial charge on any atom is 0.234 e. The summed E-state index contributed by atoms with van der Waals surface area (Å²) in [5.74, 6) is 0.680. The molecule has 1 heterocycles. The largest absolute Gasteiger partial charge is 0.492 e. The summed E-state index contributed by atoms with van der Waals surface area (Å²) in [5.41, 5.74) is 4.31. The fourth-order valence-corrected chi connectivity index (χ4v) is 2.45. The lowest BCUT2D eigenvalue weighted by Crippen LogP contribution is -2.05. The number of aryl methyl sites for hydroxylation is 1. The number of para-hydroxylation sites is 1. The van der Waals surface area contributed by atoms with Crippen molar-refractivity contribution < 1.29 is 5.11 Å². The Labute approximate surface area is 114 Å². The van der Waals surface area contributed by atoms with Crippen LogP contribution in [0.1, 0.15) is 37.6 Å². The van der Waals surface area contributed by atoms with Crippen LogP contribution in [0.15, 0.2) is 24.3 Å². The molecule has 0 unspecified atom stereocenters. The van der Waals surface area contributed by atoms with Crippen molar-refractivity contribution in [3.05, 3.63) is 41.1 Å². The number of nitrogens with zero attached hydrogens (tertiary/aromatic N) is 2. The Morgan fingerprint density at radius 1 is 1.26 bits per heavy atom. The van der Waals surface area contributed by atoms with Gasteiger partial charge in [0.2, 0.25) is 5.88 Å². The van der Waals surface area contributed by atoms with E-state index in [1.165, 1.54) is 0 Å². The van der Waals surface area contributed by atoms with Gasteiger partial charge in [-0.15, -0.1) is 5.10 Å². The number of hydrogen-bond donors (Lipinski definition) is 1. The number of hydrogen-bond acceptors (Lipinski definition) is 2. The zero-order valence-corrected chi connectivity index (χ0v) is 12.1. The molecule has 0 amide bonds. The molecule has 0 radical (unpaired) electrons. The van der Waals surface area contributed by atoms with Gasteiger partial charge in [-0.2, -0.15) is 0 Å². The van der Waals surface area contributed by atoms with Crippen LogP contribution in [0.25, 0.3) is 5.69 Å². The Morgan fingerprint density at radius 3 is 2.53 bits per heavy atom. The third-order valence-electron chi connectivity index (χ3n) is 3.36. The third-order valence-corrected chi connectivity index (χ3v) is 3.36. The van der Waals surface area contributed by atoms with E-state index >= 15 is 0 Å². The van der Waals surface area contributed by atoms with Crippen LogP contribution in [-0.4, -0.2) is 14.9 Å². The van der Waals surface area contributed by atoms with Gasteiger partial charge in [-0.1, -0.05) is 39.0 Å².